The lowest BCUT2D eigenvalue weighted by molar-refractivity contribution is -0.0757. The SMILES string of the molecule is C=COC(C(C)C)C(C)(C)O. The zero-order chi connectivity index (χ0) is 9.07. The van der Waals surface area contributed by atoms with Crippen LogP contribution in [-0.2, 0) is 4.74 Å². The fraction of sp³-hybridized carbons (Fsp3) is 0.778. The summed E-state index contributed by atoms with van der Waals surface area (Å²) in [5.74, 6) is 0.285. The molecular formula is C9H18O2. The molecule has 0 fully saturated rings. The van der Waals surface area contributed by atoms with Crippen molar-refractivity contribution >= 4 is 0 Å². The number of hydrogen-bond donors (Lipinski definition) is 1. The third kappa shape index (κ3) is 3.42. The molecule has 0 aliphatic carbocycles. The van der Waals surface area contributed by atoms with Gasteiger partial charge in [0.1, 0.15) is 6.10 Å². The lowest BCUT2D eigenvalue weighted by Gasteiger charge is -2.31. The highest BCUT2D eigenvalue weighted by atomic mass is 16.5. The molecule has 0 radical (unpaired) electrons. The first-order valence-corrected chi connectivity index (χ1v) is 3.88. The van der Waals surface area contributed by atoms with E-state index in [9.17, 15) is 5.11 Å². The average molecular weight is 158 g/mol. The van der Waals surface area contributed by atoms with Crippen molar-refractivity contribution in [3.05, 3.63) is 12.8 Å². The summed E-state index contributed by atoms with van der Waals surface area (Å²) in [6.07, 6.45) is 1.20. The predicted octanol–water partition coefficient (Wildman–Crippen LogP) is 1.94. The van der Waals surface area contributed by atoms with E-state index < -0.39 is 5.60 Å². The Morgan fingerprint density at radius 1 is 1.45 bits per heavy atom. The molecule has 0 aliphatic rings. The Hall–Kier alpha value is -0.500. The summed E-state index contributed by atoms with van der Waals surface area (Å²) in [5.41, 5.74) is -0.803. The number of ether oxygens (including phenoxy) is 1. The monoisotopic (exact) mass is 158 g/mol. The van der Waals surface area contributed by atoms with Crippen molar-refractivity contribution in [3.8, 4) is 0 Å². The fourth-order valence-corrected chi connectivity index (χ4v) is 1.24. The zero-order valence-electron chi connectivity index (χ0n) is 7.79. The molecule has 2 heteroatoms. The van der Waals surface area contributed by atoms with Gasteiger partial charge in [-0.25, -0.2) is 0 Å². The summed E-state index contributed by atoms with van der Waals surface area (Å²) in [6.45, 7) is 10.9. The van der Waals surface area contributed by atoms with Crippen LogP contribution in [0.4, 0.5) is 0 Å². The Labute approximate surface area is 68.9 Å². The van der Waals surface area contributed by atoms with Crippen molar-refractivity contribution in [2.24, 2.45) is 5.92 Å². The molecule has 0 rings (SSSR count). The van der Waals surface area contributed by atoms with Crippen LogP contribution in [0.2, 0.25) is 0 Å². The van der Waals surface area contributed by atoms with Crippen LogP contribution < -0.4 is 0 Å². The Kier molecular flexibility index (Phi) is 3.59. The maximum Gasteiger partial charge on any atom is 0.128 e. The van der Waals surface area contributed by atoms with Crippen LogP contribution >= 0.6 is 0 Å². The van der Waals surface area contributed by atoms with Crippen molar-refractivity contribution in [2.45, 2.75) is 39.4 Å². The molecule has 0 aromatic heterocycles. The van der Waals surface area contributed by atoms with Crippen molar-refractivity contribution in [2.75, 3.05) is 0 Å². The second-order valence-electron chi connectivity index (χ2n) is 3.62. The molecule has 11 heavy (non-hydrogen) atoms. The Bertz CT molecular complexity index is 122. The minimum Gasteiger partial charge on any atom is -0.495 e. The highest BCUT2D eigenvalue weighted by Crippen LogP contribution is 2.20. The van der Waals surface area contributed by atoms with E-state index in [4.69, 9.17) is 4.74 Å². The van der Waals surface area contributed by atoms with Gasteiger partial charge in [-0.05, 0) is 19.8 Å². The molecule has 0 aromatic rings. The van der Waals surface area contributed by atoms with E-state index in [-0.39, 0.29) is 12.0 Å². The minimum absolute atomic E-state index is 0.181. The van der Waals surface area contributed by atoms with Crippen LogP contribution in [0.25, 0.3) is 0 Å². The van der Waals surface area contributed by atoms with Gasteiger partial charge in [0.2, 0.25) is 0 Å². The van der Waals surface area contributed by atoms with Crippen LogP contribution in [0.3, 0.4) is 0 Å². The van der Waals surface area contributed by atoms with Crippen LogP contribution in [0, 0.1) is 5.92 Å². The molecule has 1 atom stereocenters. The largest absolute Gasteiger partial charge is 0.495 e. The molecule has 0 spiro atoms. The molecule has 0 bridgehead atoms. The van der Waals surface area contributed by atoms with Gasteiger partial charge in [0.15, 0.2) is 0 Å². The van der Waals surface area contributed by atoms with E-state index in [1.807, 2.05) is 13.8 Å². The van der Waals surface area contributed by atoms with Crippen molar-refractivity contribution in [1.82, 2.24) is 0 Å². The normalized spacial score (nSPS) is 14.7. The molecule has 0 saturated carbocycles. The topological polar surface area (TPSA) is 29.5 Å². The van der Waals surface area contributed by atoms with E-state index in [0.717, 1.165) is 0 Å². The van der Waals surface area contributed by atoms with E-state index in [1.165, 1.54) is 6.26 Å². The lowest BCUT2D eigenvalue weighted by atomic mass is 9.92. The van der Waals surface area contributed by atoms with Gasteiger partial charge in [-0.3, -0.25) is 0 Å². The third-order valence-corrected chi connectivity index (χ3v) is 1.54. The summed E-state index contributed by atoms with van der Waals surface area (Å²) < 4.78 is 5.18. The van der Waals surface area contributed by atoms with Crippen molar-refractivity contribution in [3.63, 3.8) is 0 Å². The van der Waals surface area contributed by atoms with Gasteiger partial charge in [-0.2, -0.15) is 0 Å². The van der Waals surface area contributed by atoms with Gasteiger partial charge in [0.05, 0.1) is 11.9 Å². The van der Waals surface area contributed by atoms with Crippen LogP contribution in [0.15, 0.2) is 12.8 Å². The maximum atomic E-state index is 9.61. The van der Waals surface area contributed by atoms with Gasteiger partial charge in [0.25, 0.3) is 0 Å². The average Bonchev–Trinajstić information content (AvgIpc) is 1.79. The first-order chi connectivity index (χ1) is 4.89. The molecule has 0 heterocycles. The summed E-state index contributed by atoms with van der Waals surface area (Å²) in [5, 5.41) is 9.61. The quantitative estimate of drug-likeness (QED) is 0.633. The summed E-state index contributed by atoms with van der Waals surface area (Å²) in [7, 11) is 0. The van der Waals surface area contributed by atoms with E-state index in [2.05, 4.69) is 6.58 Å². The fourth-order valence-electron chi connectivity index (χ4n) is 1.24. The number of aliphatic hydroxyl groups is 1. The second-order valence-corrected chi connectivity index (χ2v) is 3.62. The molecular weight excluding hydrogens is 140 g/mol. The standard InChI is InChI=1S/C9H18O2/c1-6-11-8(7(2)3)9(4,5)10/h6-8,10H,1H2,2-5H3. The predicted molar refractivity (Wildman–Crippen MR) is 46.2 cm³/mol. The van der Waals surface area contributed by atoms with Crippen molar-refractivity contribution in [1.29, 1.82) is 0 Å². The van der Waals surface area contributed by atoms with Gasteiger partial charge in [0, 0.05) is 0 Å². The van der Waals surface area contributed by atoms with E-state index in [0.29, 0.717) is 0 Å². The summed E-state index contributed by atoms with van der Waals surface area (Å²) in [4.78, 5) is 0. The Morgan fingerprint density at radius 3 is 2.00 bits per heavy atom. The lowest BCUT2D eigenvalue weighted by Crippen LogP contribution is -2.40. The van der Waals surface area contributed by atoms with Gasteiger partial charge in [-0.15, -0.1) is 0 Å². The first kappa shape index (κ1) is 10.5. The molecule has 1 N–H and O–H groups in total. The number of rotatable bonds is 4. The molecule has 2 nitrogen and oxygen atoms in total. The van der Waals surface area contributed by atoms with Gasteiger partial charge >= 0.3 is 0 Å². The second kappa shape index (κ2) is 3.77. The molecule has 0 aromatic carbocycles. The van der Waals surface area contributed by atoms with E-state index in [1.54, 1.807) is 13.8 Å². The highest BCUT2D eigenvalue weighted by molar-refractivity contribution is 4.82. The smallest absolute Gasteiger partial charge is 0.128 e. The van der Waals surface area contributed by atoms with E-state index >= 15 is 0 Å². The maximum absolute atomic E-state index is 9.61. The van der Waals surface area contributed by atoms with Crippen molar-refractivity contribution < 1.29 is 9.84 Å². The highest BCUT2D eigenvalue weighted by Gasteiger charge is 2.30. The molecule has 0 amide bonds. The summed E-state index contributed by atoms with van der Waals surface area (Å²) in [6, 6.07) is 0. The Morgan fingerprint density at radius 2 is 1.91 bits per heavy atom. The zero-order valence-corrected chi connectivity index (χ0v) is 7.79. The Balaban J connectivity index is 4.21. The van der Waals surface area contributed by atoms with Crippen LogP contribution in [0.1, 0.15) is 27.7 Å². The minimum atomic E-state index is -0.803. The number of hydrogen-bond acceptors (Lipinski definition) is 2. The van der Waals surface area contributed by atoms with Gasteiger partial charge < -0.3 is 9.84 Å². The van der Waals surface area contributed by atoms with Crippen LogP contribution in [-0.4, -0.2) is 16.8 Å². The molecule has 1 unspecified atom stereocenters. The molecule has 0 aliphatic heterocycles. The molecule has 0 saturated heterocycles. The van der Waals surface area contributed by atoms with Crippen LogP contribution in [0.5, 0.6) is 0 Å². The first-order valence-electron chi connectivity index (χ1n) is 3.88. The third-order valence-electron chi connectivity index (χ3n) is 1.54. The van der Waals surface area contributed by atoms with Gasteiger partial charge in [-0.1, -0.05) is 20.4 Å². The summed E-state index contributed by atoms with van der Waals surface area (Å²) >= 11 is 0. The molecule has 66 valence electrons.